The number of benzene rings is 2. The van der Waals surface area contributed by atoms with Crippen molar-refractivity contribution in [2.24, 2.45) is 5.92 Å². The lowest BCUT2D eigenvalue weighted by Gasteiger charge is -2.13. The van der Waals surface area contributed by atoms with E-state index in [2.05, 4.69) is 0 Å². The molecule has 0 aromatic heterocycles. The minimum Gasteiger partial charge on any atom is -0.481 e. The first-order chi connectivity index (χ1) is 10.2. The smallest absolute Gasteiger partial charge is 0.310 e. The van der Waals surface area contributed by atoms with Gasteiger partial charge in [0.2, 0.25) is 0 Å². The van der Waals surface area contributed by atoms with Crippen LogP contribution in [0.2, 0.25) is 0 Å². The molecule has 0 bridgehead atoms. The van der Waals surface area contributed by atoms with Crippen molar-refractivity contribution in [1.82, 2.24) is 0 Å². The Bertz CT molecular complexity index is 600. The molecule has 1 atom stereocenters. The van der Waals surface area contributed by atoms with Crippen LogP contribution in [-0.4, -0.2) is 11.1 Å². The number of carbonyl (C=O) groups is 1. The van der Waals surface area contributed by atoms with Crippen molar-refractivity contribution >= 4 is 5.97 Å². The molecule has 2 aromatic rings. The van der Waals surface area contributed by atoms with Crippen LogP contribution < -0.4 is 4.74 Å². The highest BCUT2D eigenvalue weighted by molar-refractivity contribution is 5.76. The van der Waals surface area contributed by atoms with Gasteiger partial charge in [-0.1, -0.05) is 43.2 Å². The van der Waals surface area contributed by atoms with Crippen molar-refractivity contribution in [3.63, 3.8) is 0 Å². The van der Waals surface area contributed by atoms with Crippen LogP contribution in [0.5, 0.6) is 11.5 Å². The van der Waals surface area contributed by atoms with Crippen molar-refractivity contribution < 1.29 is 14.6 Å². The molecule has 108 valence electrons. The van der Waals surface area contributed by atoms with Crippen LogP contribution in [0.1, 0.15) is 30.7 Å². The molecule has 0 spiro atoms. The summed E-state index contributed by atoms with van der Waals surface area (Å²) in [5.74, 6) is 0.951. The first-order valence-electron chi connectivity index (χ1n) is 7.28. The van der Waals surface area contributed by atoms with Gasteiger partial charge in [0.05, 0.1) is 5.92 Å². The van der Waals surface area contributed by atoms with Crippen LogP contribution in [0.4, 0.5) is 0 Å². The third-order valence-corrected chi connectivity index (χ3v) is 3.83. The average molecular weight is 282 g/mol. The Labute approximate surface area is 124 Å². The predicted octanol–water partition coefficient (Wildman–Crippen LogP) is 4.45. The summed E-state index contributed by atoms with van der Waals surface area (Å²) < 4.78 is 5.72. The molecular weight excluding hydrogens is 264 g/mol. The first-order valence-corrected chi connectivity index (χ1v) is 7.28. The van der Waals surface area contributed by atoms with Gasteiger partial charge in [0.1, 0.15) is 11.5 Å². The van der Waals surface area contributed by atoms with Gasteiger partial charge in [-0.3, -0.25) is 4.79 Å². The number of ether oxygens (including phenoxy) is 1. The molecule has 1 N–H and O–H groups in total. The molecule has 3 heteroatoms. The van der Waals surface area contributed by atoms with E-state index in [0.29, 0.717) is 5.92 Å². The minimum absolute atomic E-state index is 0.400. The minimum atomic E-state index is -0.737. The fourth-order valence-corrected chi connectivity index (χ4v) is 2.46. The third kappa shape index (κ3) is 3.63. The van der Waals surface area contributed by atoms with Crippen molar-refractivity contribution in [2.45, 2.75) is 25.2 Å². The molecule has 3 rings (SSSR count). The number of hydrogen-bond donors (Lipinski definition) is 1. The molecule has 0 unspecified atom stereocenters. The molecule has 1 fully saturated rings. The highest BCUT2D eigenvalue weighted by Crippen LogP contribution is 2.39. The van der Waals surface area contributed by atoms with Gasteiger partial charge in [-0.05, 0) is 42.2 Å². The van der Waals surface area contributed by atoms with Gasteiger partial charge < -0.3 is 9.84 Å². The molecule has 1 aliphatic rings. The normalized spacial score (nSPS) is 15.4. The molecule has 21 heavy (non-hydrogen) atoms. The van der Waals surface area contributed by atoms with Crippen molar-refractivity contribution in [2.75, 3.05) is 0 Å². The number of rotatable bonds is 6. The van der Waals surface area contributed by atoms with Crippen LogP contribution >= 0.6 is 0 Å². The second kappa shape index (κ2) is 6.00. The van der Waals surface area contributed by atoms with E-state index in [-0.39, 0.29) is 0 Å². The van der Waals surface area contributed by atoms with Crippen molar-refractivity contribution in [1.29, 1.82) is 0 Å². The fourth-order valence-electron chi connectivity index (χ4n) is 2.46. The quantitative estimate of drug-likeness (QED) is 0.851. The Kier molecular flexibility index (Phi) is 3.91. The zero-order valence-corrected chi connectivity index (χ0v) is 11.7. The first kappa shape index (κ1) is 13.7. The molecule has 1 saturated carbocycles. The molecule has 0 saturated heterocycles. The summed E-state index contributed by atoms with van der Waals surface area (Å²) in [7, 11) is 0. The summed E-state index contributed by atoms with van der Waals surface area (Å²) in [4.78, 5) is 11.4. The second-order valence-electron chi connectivity index (χ2n) is 5.55. The lowest BCUT2D eigenvalue weighted by Crippen LogP contribution is -2.12. The second-order valence-corrected chi connectivity index (χ2v) is 5.55. The standard InChI is InChI=1S/C18H18O3/c19-18(20)17(12-13-6-7-13)14-8-10-16(11-9-14)21-15-4-2-1-3-5-15/h1-5,8-11,13,17H,6-7,12H2,(H,19,20)/t17-/m0/s1. The SMILES string of the molecule is O=C(O)[C@@H](CC1CC1)c1ccc(Oc2ccccc2)cc1. The summed E-state index contributed by atoms with van der Waals surface area (Å²) in [5.41, 5.74) is 0.856. The van der Waals surface area contributed by atoms with Crippen LogP contribution in [0.25, 0.3) is 0 Å². The molecule has 0 radical (unpaired) electrons. The van der Waals surface area contributed by atoms with E-state index in [0.717, 1.165) is 23.5 Å². The van der Waals surface area contributed by atoms with E-state index >= 15 is 0 Å². The van der Waals surface area contributed by atoms with Gasteiger partial charge >= 0.3 is 5.97 Å². The lowest BCUT2D eigenvalue weighted by atomic mass is 9.93. The molecule has 1 aliphatic carbocycles. The maximum absolute atomic E-state index is 11.4. The summed E-state index contributed by atoms with van der Waals surface area (Å²) >= 11 is 0. The van der Waals surface area contributed by atoms with Gasteiger partial charge in [0.15, 0.2) is 0 Å². The summed E-state index contributed by atoms with van der Waals surface area (Å²) in [6, 6.07) is 16.9. The van der Waals surface area contributed by atoms with Gasteiger partial charge in [-0.2, -0.15) is 0 Å². The topological polar surface area (TPSA) is 46.5 Å². The molecule has 0 aliphatic heterocycles. The number of aliphatic carboxylic acids is 1. The Morgan fingerprint density at radius 1 is 1.05 bits per heavy atom. The molecule has 0 heterocycles. The van der Waals surface area contributed by atoms with Crippen LogP contribution in [-0.2, 0) is 4.79 Å². The largest absolute Gasteiger partial charge is 0.481 e. The van der Waals surface area contributed by atoms with Gasteiger partial charge in [0.25, 0.3) is 0 Å². The number of carboxylic acid groups (broad SMARTS) is 1. The van der Waals surface area contributed by atoms with Crippen molar-refractivity contribution in [3.05, 3.63) is 60.2 Å². The Morgan fingerprint density at radius 2 is 1.67 bits per heavy atom. The van der Waals surface area contributed by atoms with E-state index in [1.54, 1.807) is 0 Å². The zero-order valence-electron chi connectivity index (χ0n) is 11.7. The third-order valence-electron chi connectivity index (χ3n) is 3.83. The van der Waals surface area contributed by atoms with E-state index < -0.39 is 11.9 Å². The van der Waals surface area contributed by atoms with E-state index in [9.17, 15) is 9.90 Å². The van der Waals surface area contributed by atoms with Gasteiger partial charge in [-0.25, -0.2) is 0 Å². The summed E-state index contributed by atoms with van der Waals surface area (Å²) in [6.07, 6.45) is 3.08. The number of para-hydroxylation sites is 1. The highest BCUT2D eigenvalue weighted by atomic mass is 16.5. The van der Waals surface area contributed by atoms with Crippen LogP contribution in [0.3, 0.4) is 0 Å². The molecule has 3 nitrogen and oxygen atoms in total. The number of hydrogen-bond acceptors (Lipinski definition) is 2. The van der Waals surface area contributed by atoms with Crippen molar-refractivity contribution in [3.8, 4) is 11.5 Å². The maximum Gasteiger partial charge on any atom is 0.310 e. The lowest BCUT2D eigenvalue weighted by molar-refractivity contribution is -0.139. The Hall–Kier alpha value is -2.29. The Balaban J connectivity index is 1.71. The fraction of sp³-hybridized carbons (Fsp3) is 0.278. The Morgan fingerprint density at radius 3 is 2.24 bits per heavy atom. The van der Waals surface area contributed by atoms with Gasteiger partial charge in [-0.15, -0.1) is 0 Å². The average Bonchev–Trinajstić information content (AvgIpc) is 3.31. The van der Waals surface area contributed by atoms with E-state index in [1.165, 1.54) is 12.8 Å². The van der Waals surface area contributed by atoms with Crippen LogP contribution in [0, 0.1) is 5.92 Å². The monoisotopic (exact) mass is 282 g/mol. The molecule has 0 amide bonds. The zero-order chi connectivity index (χ0) is 14.7. The predicted molar refractivity (Wildman–Crippen MR) is 80.7 cm³/mol. The summed E-state index contributed by atoms with van der Waals surface area (Å²) in [6.45, 7) is 0. The van der Waals surface area contributed by atoms with E-state index in [1.807, 2.05) is 54.6 Å². The maximum atomic E-state index is 11.4. The molecule has 2 aromatic carbocycles. The van der Waals surface area contributed by atoms with E-state index in [4.69, 9.17) is 4.74 Å². The number of carboxylic acids is 1. The van der Waals surface area contributed by atoms with Crippen LogP contribution in [0.15, 0.2) is 54.6 Å². The van der Waals surface area contributed by atoms with Gasteiger partial charge in [0, 0.05) is 0 Å². The molecular formula is C18H18O3. The highest BCUT2D eigenvalue weighted by Gasteiger charge is 2.30. The summed E-state index contributed by atoms with van der Waals surface area (Å²) in [5, 5.41) is 9.38.